The van der Waals surface area contributed by atoms with Crippen molar-refractivity contribution in [2.75, 3.05) is 19.8 Å². The van der Waals surface area contributed by atoms with E-state index in [4.69, 9.17) is 40.9 Å². The average molecular weight is 599 g/mol. The Kier molecular flexibility index (Phi) is 12.0. The number of imide groups is 1. The number of aliphatic hydroxyl groups excluding tert-OH is 8. The first-order chi connectivity index (χ1) is 19.3. The third kappa shape index (κ3) is 7.61. The molecule has 4 aliphatic heterocycles. The number of rotatable bonds is 7. The Morgan fingerprint density at radius 3 is 1.49 bits per heavy atom. The van der Waals surface area contributed by atoms with Gasteiger partial charge in [0, 0.05) is 12.2 Å². The average Bonchev–Trinajstić information content (AvgIpc) is 3.34. The highest BCUT2D eigenvalue weighted by Gasteiger charge is 2.52. The van der Waals surface area contributed by atoms with Crippen LogP contribution in [0.5, 0.6) is 0 Å². The van der Waals surface area contributed by atoms with Gasteiger partial charge in [0.1, 0.15) is 54.9 Å². The third-order valence-corrected chi connectivity index (χ3v) is 6.96. The minimum Gasteiger partial charge on any atom is -0.394 e. The van der Waals surface area contributed by atoms with E-state index >= 15 is 0 Å². The zero-order valence-corrected chi connectivity index (χ0v) is 21.6. The van der Waals surface area contributed by atoms with Crippen LogP contribution < -0.4 is 22.5 Å². The van der Waals surface area contributed by atoms with Gasteiger partial charge >= 0.3 is 0 Å². The molecular weight excluding hydrogens is 560 g/mol. The summed E-state index contributed by atoms with van der Waals surface area (Å²) in [4.78, 5) is 20.1. The van der Waals surface area contributed by atoms with Gasteiger partial charge < -0.3 is 81.7 Å². The summed E-state index contributed by atoms with van der Waals surface area (Å²) in [5, 5.41) is 81.7. The molecule has 15 atom stereocenters. The summed E-state index contributed by atoms with van der Waals surface area (Å²) in [5.74, 6) is -0.657. The Bertz CT molecular complexity index is 894. The zero-order valence-electron chi connectivity index (χ0n) is 21.6. The predicted molar refractivity (Wildman–Crippen MR) is 129 cm³/mol. The molecule has 0 aliphatic carbocycles. The number of ether oxygens (including phenoxy) is 5. The lowest BCUT2D eigenvalue weighted by Gasteiger charge is -2.48. The predicted octanol–water partition coefficient (Wildman–Crippen LogP) is -8.47. The van der Waals surface area contributed by atoms with Crippen molar-refractivity contribution in [2.24, 2.45) is 17.2 Å². The van der Waals surface area contributed by atoms with Crippen LogP contribution in [0.4, 0.5) is 0 Å². The fraction of sp³-hybridized carbons (Fsp3) is 0.818. The molecule has 4 aliphatic rings. The summed E-state index contributed by atoms with van der Waals surface area (Å²) in [6.07, 6.45) is -14.4. The number of nitrogens with one attached hydrogen (secondary N) is 1. The highest BCUT2D eigenvalue weighted by molar-refractivity contribution is 6.12. The monoisotopic (exact) mass is 598 g/mol. The van der Waals surface area contributed by atoms with Crippen LogP contribution >= 0.6 is 0 Å². The SMILES string of the molecule is N[C@H]1[C@H](OC2[C@@H](CO)O[C@@H](OC3[C@@H](CO)O[C@@H](O)[C@H](N)[C@H]3O)[C@H](N)[C@H]2O)O[C@H](CO)[C@@H](O)[C@@H]1O.O=C1C=CC(=O)N1. The van der Waals surface area contributed by atoms with Crippen molar-refractivity contribution in [3.63, 3.8) is 0 Å². The molecule has 4 rings (SSSR count). The number of hydrogen-bond acceptors (Lipinski definition) is 18. The minimum atomic E-state index is -1.56. The number of hydrogen-bond donors (Lipinski definition) is 12. The highest BCUT2D eigenvalue weighted by atomic mass is 16.7. The lowest BCUT2D eigenvalue weighted by atomic mass is 9.94. The molecule has 19 heteroatoms. The van der Waals surface area contributed by atoms with E-state index < -0.39 is 112 Å². The molecule has 0 bridgehead atoms. The normalized spacial score (nSPS) is 46.6. The Balaban J connectivity index is 0.000000575. The molecule has 0 radical (unpaired) electrons. The first kappa shape index (κ1) is 33.7. The van der Waals surface area contributed by atoms with Crippen molar-refractivity contribution in [2.45, 2.75) is 91.9 Å². The van der Waals surface area contributed by atoms with Crippen molar-refractivity contribution >= 4 is 11.8 Å². The van der Waals surface area contributed by atoms with E-state index in [2.05, 4.69) is 0 Å². The van der Waals surface area contributed by atoms with E-state index in [0.29, 0.717) is 0 Å². The van der Waals surface area contributed by atoms with Crippen LogP contribution in [0.15, 0.2) is 12.2 Å². The molecule has 0 saturated carbocycles. The summed E-state index contributed by atoms with van der Waals surface area (Å²) in [6.45, 7) is -2.00. The van der Waals surface area contributed by atoms with Gasteiger partial charge in [0.15, 0.2) is 18.9 Å². The summed E-state index contributed by atoms with van der Waals surface area (Å²) < 4.78 is 27.4. The van der Waals surface area contributed by atoms with Crippen molar-refractivity contribution in [3.05, 3.63) is 12.2 Å². The molecule has 0 aromatic heterocycles. The fourth-order valence-electron chi connectivity index (χ4n) is 4.54. The first-order valence-corrected chi connectivity index (χ1v) is 12.6. The summed E-state index contributed by atoms with van der Waals surface area (Å²) in [5.41, 5.74) is 17.6. The third-order valence-electron chi connectivity index (χ3n) is 6.96. The summed E-state index contributed by atoms with van der Waals surface area (Å²) in [7, 11) is 0. The van der Waals surface area contributed by atoms with Crippen LogP contribution in [0.2, 0.25) is 0 Å². The number of carbonyl (C=O) groups excluding carboxylic acids is 2. The molecule has 0 aromatic rings. The van der Waals surface area contributed by atoms with Crippen molar-refractivity contribution < 1.29 is 74.1 Å². The van der Waals surface area contributed by atoms with E-state index in [1.165, 1.54) is 12.2 Å². The second-order valence-corrected chi connectivity index (χ2v) is 9.78. The van der Waals surface area contributed by atoms with Gasteiger partial charge in [0.2, 0.25) is 0 Å². The first-order valence-electron chi connectivity index (χ1n) is 12.6. The van der Waals surface area contributed by atoms with Crippen molar-refractivity contribution in [1.82, 2.24) is 5.32 Å². The molecule has 3 fully saturated rings. The number of carbonyl (C=O) groups is 2. The lowest BCUT2D eigenvalue weighted by molar-refractivity contribution is -0.348. The Morgan fingerprint density at radius 1 is 0.634 bits per heavy atom. The van der Waals surface area contributed by atoms with Gasteiger partial charge in [-0.05, 0) is 0 Å². The highest BCUT2D eigenvalue weighted by Crippen LogP contribution is 2.31. The maximum absolute atomic E-state index is 10.8. The van der Waals surface area contributed by atoms with E-state index in [9.17, 15) is 50.4 Å². The molecule has 236 valence electrons. The van der Waals surface area contributed by atoms with Gasteiger partial charge in [-0.25, -0.2) is 0 Å². The second-order valence-electron chi connectivity index (χ2n) is 9.78. The molecule has 2 amide bonds. The second kappa shape index (κ2) is 14.6. The molecule has 15 N–H and O–H groups in total. The Hall–Kier alpha value is -1.76. The molecule has 0 spiro atoms. The van der Waals surface area contributed by atoms with Gasteiger partial charge in [-0.3, -0.25) is 14.9 Å². The number of amides is 2. The molecule has 0 aromatic carbocycles. The van der Waals surface area contributed by atoms with Gasteiger partial charge in [-0.2, -0.15) is 0 Å². The Labute approximate surface area is 233 Å². The molecule has 2 unspecified atom stereocenters. The summed E-state index contributed by atoms with van der Waals surface area (Å²) >= 11 is 0. The van der Waals surface area contributed by atoms with E-state index in [-0.39, 0.29) is 11.8 Å². The minimum absolute atomic E-state index is 0.329. The van der Waals surface area contributed by atoms with Crippen LogP contribution in [-0.4, -0.2) is 164 Å². The van der Waals surface area contributed by atoms with Crippen LogP contribution in [0.3, 0.4) is 0 Å². The topological polar surface area (TPSA) is 332 Å². The van der Waals surface area contributed by atoms with E-state index in [1.807, 2.05) is 5.32 Å². The van der Waals surface area contributed by atoms with Crippen molar-refractivity contribution in [1.29, 1.82) is 0 Å². The summed E-state index contributed by atoms with van der Waals surface area (Å²) in [6, 6.07) is -3.87. The van der Waals surface area contributed by atoms with Crippen LogP contribution in [0, 0.1) is 0 Å². The number of nitrogens with two attached hydrogens (primary N) is 3. The molecule has 3 saturated heterocycles. The van der Waals surface area contributed by atoms with Gasteiger partial charge in [-0.1, -0.05) is 0 Å². The molecule has 19 nitrogen and oxygen atoms in total. The maximum atomic E-state index is 10.8. The van der Waals surface area contributed by atoms with Crippen molar-refractivity contribution in [3.8, 4) is 0 Å². The van der Waals surface area contributed by atoms with E-state index in [0.717, 1.165) is 0 Å². The maximum Gasteiger partial charge on any atom is 0.250 e. The van der Waals surface area contributed by atoms with Gasteiger partial charge in [0.25, 0.3) is 11.8 Å². The molecule has 41 heavy (non-hydrogen) atoms. The van der Waals surface area contributed by atoms with E-state index in [1.54, 1.807) is 0 Å². The fourth-order valence-corrected chi connectivity index (χ4v) is 4.54. The molecule has 4 heterocycles. The quantitative estimate of drug-likeness (QED) is 0.121. The Morgan fingerprint density at radius 2 is 1.05 bits per heavy atom. The lowest BCUT2D eigenvalue weighted by Crippen LogP contribution is -2.69. The standard InChI is InChI=1S/C18H35N3O13.C4H3NO2/c19-7-12(27)14(5(2-23)30-16(7)29)33-18-9(21)13(28)15(6(3-24)32-18)34-17-8(20)11(26)10(25)4(1-22)31-17;6-3-1-2-4(7)5-3/h4-18,22-29H,1-3,19-21H2;1-2H,(H,5,6,7)/t4-,5-,6-,7-,8-,9-,10-,11-,12-,13-,14?,15?,16-,17+,18+;/m1./s1. The van der Waals surface area contributed by atoms with Crippen LogP contribution in [0.25, 0.3) is 0 Å². The van der Waals surface area contributed by atoms with Crippen LogP contribution in [0.1, 0.15) is 0 Å². The van der Waals surface area contributed by atoms with Gasteiger partial charge in [0.05, 0.1) is 37.9 Å². The van der Waals surface area contributed by atoms with Gasteiger partial charge in [-0.15, -0.1) is 0 Å². The smallest absolute Gasteiger partial charge is 0.250 e. The number of aliphatic hydroxyl groups is 8. The molecular formula is C22H38N4O15. The zero-order chi connectivity index (χ0) is 30.6. The van der Waals surface area contributed by atoms with Crippen LogP contribution in [-0.2, 0) is 33.3 Å². The largest absolute Gasteiger partial charge is 0.394 e.